The van der Waals surface area contributed by atoms with Crippen molar-refractivity contribution in [3.63, 3.8) is 0 Å². The monoisotopic (exact) mass is 358 g/mol. The summed E-state index contributed by atoms with van der Waals surface area (Å²) in [6.07, 6.45) is 3.57. The molecule has 0 radical (unpaired) electrons. The van der Waals surface area contributed by atoms with Crippen LogP contribution in [0.1, 0.15) is 28.1 Å². The van der Waals surface area contributed by atoms with Crippen molar-refractivity contribution in [2.24, 2.45) is 0 Å². The van der Waals surface area contributed by atoms with Gasteiger partial charge >= 0.3 is 0 Å². The molecule has 3 rings (SSSR count). The number of nitriles is 1. The second-order valence-corrected chi connectivity index (χ2v) is 6.33. The molecule has 0 saturated carbocycles. The summed E-state index contributed by atoms with van der Waals surface area (Å²) >= 11 is 0. The maximum Gasteiger partial charge on any atom is 0.270 e. The normalized spacial score (nSPS) is 11.3. The molecule has 0 aliphatic heterocycles. The summed E-state index contributed by atoms with van der Waals surface area (Å²) in [7, 11) is 0. The number of pyridine rings is 1. The smallest absolute Gasteiger partial charge is 0.270 e. The van der Waals surface area contributed by atoms with Gasteiger partial charge in [0.25, 0.3) is 5.69 Å². The number of non-ortho nitro benzene ring substituents is 1. The second-order valence-electron chi connectivity index (χ2n) is 6.33. The molecule has 0 N–H and O–H groups in total. The lowest BCUT2D eigenvalue weighted by Crippen LogP contribution is -2.01. The molecule has 6 nitrogen and oxygen atoms in total. The Morgan fingerprint density at radius 3 is 2.63 bits per heavy atom. The number of nitro benzene ring substituents is 1. The van der Waals surface area contributed by atoms with E-state index in [1.807, 2.05) is 49.7 Å². The van der Waals surface area contributed by atoms with Gasteiger partial charge in [-0.3, -0.25) is 10.1 Å². The first-order chi connectivity index (χ1) is 12.9. The minimum Gasteiger partial charge on any atom is -0.303 e. The third-order valence-electron chi connectivity index (χ3n) is 4.38. The van der Waals surface area contributed by atoms with Crippen molar-refractivity contribution in [2.75, 3.05) is 0 Å². The third kappa shape index (κ3) is 3.62. The predicted octanol–water partition coefficient (Wildman–Crippen LogP) is 4.77. The number of aromatic nitrogens is 2. The van der Waals surface area contributed by atoms with E-state index in [1.165, 1.54) is 12.1 Å². The Kier molecular flexibility index (Phi) is 4.86. The maximum atomic E-state index is 11.0. The van der Waals surface area contributed by atoms with Gasteiger partial charge in [0.2, 0.25) is 0 Å². The zero-order chi connectivity index (χ0) is 19.6. The van der Waals surface area contributed by atoms with Crippen molar-refractivity contribution in [3.8, 4) is 11.9 Å². The number of nitrogens with zero attached hydrogens (tertiary/aromatic N) is 4. The van der Waals surface area contributed by atoms with E-state index < -0.39 is 4.92 Å². The number of benzene rings is 1. The minimum absolute atomic E-state index is 0.0389. The standard InChI is InChI=1S/C21H18N4O2/c1-14-7-8-21(23-13-14)24-15(2)9-18(16(24)3)10-19(12-22)17-5-4-6-20(11-17)25(26)27/h4-11,13H,1-3H3/b19-10-. The van der Waals surface area contributed by atoms with Crippen molar-refractivity contribution < 1.29 is 4.92 Å². The van der Waals surface area contributed by atoms with Gasteiger partial charge in [-0.25, -0.2) is 4.98 Å². The van der Waals surface area contributed by atoms with Gasteiger partial charge in [-0.1, -0.05) is 18.2 Å². The molecule has 6 heteroatoms. The molecule has 0 aliphatic carbocycles. The minimum atomic E-state index is -0.465. The number of allylic oxidation sites excluding steroid dienone is 1. The Labute approximate surface area is 157 Å². The average molecular weight is 358 g/mol. The number of nitro groups is 1. The summed E-state index contributed by atoms with van der Waals surface area (Å²) in [5, 5.41) is 20.6. The van der Waals surface area contributed by atoms with E-state index in [9.17, 15) is 15.4 Å². The lowest BCUT2D eigenvalue weighted by atomic mass is 10.0. The lowest BCUT2D eigenvalue weighted by Gasteiger charge is -2.08. The van der Waals surface area contributed by atoms with Crippen LogP contribution in [-0.4, -0.2) is 14.5 Å². The van der Waals surface area contributed by atoms with Crippen LogP contribution in [0, 0.1) is 42.2 Å². The van der Waals surface area contributed by atoms with Gasteiger partial charge in [0.1, 0.15) is 5.82 Å². The van der Waals surface area contributed by atoms with E-state index in [0.717, 1.165) is 28.3 Å². The molecule has 134 valence electrons. The van der Waals surface area contributed by atoms with Crippen molar-refractivity contribution in [1.82, 2.24) is 9.55 Å². The fourth-order valence-electron chi connectivity index (χ4n) is 3.00. The van der Waals surface area contributed by atoms with Gasteiger partial charge < -0.3 is 4.57 Å². The molecule has 0 bridgehead atoms. The molecule has 2 aromatic heterocycles. The summed E-state index contributed by atoms with van der Waals surface area (Å²) in [6.45, 7) is 5.92. The fourth-order valence-corrected chi connectivity index (χ4v) is 3.00. The van der Waals surface area contributed by atoms with Crippen LogP contribution in [0.5, 0.6) is 0 Å². The first-order valence-corrected chi connectivity index (χ1v) is 8.39. The van der Waals surface area contributed by atoms with Crippen LogP contribution in [0.4, 0.5) is 5.69 Å². The molecule has 3 aromatic rings. The van der Waals surface area contributed by atoms with E-state index in [4.69, 9.17) is 0 Å². The molecule has 0 atom stereocenters. The van der Waals surface area contributed by atoms with Crippen molar-refractivity contribution in [2.45, 2.75) is 20.8 Å². The molecule has 2 heterocycles. The summed E-state index contributed by atoms with van der Waals surface area (Å²) in [5.74, 6) is 0.809. The molecule has 0 saturated heterocycles. The van der Waals surface area contributed by atoms with Gasteiger partial charge in [0.05, 0.1) is 16.6 Å². The highest BCUT2D eigenvalue weighted by atomic mass is 16.6. The summed E-state index contributed by atoms with van der Waals surface area (Å²) in [5.41, 5.74) is 4.74. The van der Waals surface area contributed by atoms with Crippen LogP contribution in [-0.2, 0) is 0 Å². The van der Waals surface area contributed by atoms with Gasteiger partial charge in [-0.05, 0) is 55.7 Å². The molecule has 0 aliphatic rings. The molecule has 0 spiro atoms. The fraction of sp³-hybridized carbons (Fsp3) is 0.143. The molecule has 0 amide bonds. The van der Waals surface area contributed by atoms with E-state index in [-0.39, 0.29) is 5.69 Å². The van der Waals surface area contributed by atoms with Crippen LogP contribution in [0.2, 0.25) is 0 Å². The van der Waals surface area contributed by atoms with Crippen molar-refractivity contribution in [3.05, 3.63) is 86.9 Å². The van der Waals surface area contributed by atoms with E-state index in [2.05, 4.69) is 11.1 Å². The SMILES string of the molecule is Cc1ccc(-n2c(C)cc(/C=C(/C#N)c3cccc([N+](=O)[O-])c3)c2C)nc1. The zero-order valence-electron chi connectivity index (χ0n) is 15.3. The van der Waals surface area contributed by atoms with Gasteiger partial charge in [0.15, 0.2) is 0 Å². The molecular formula is C21H18N4O2. The van der Waals surface area contributed by atoms with Crippen LogP contribution < -0.4 is 0 Å². The first kappa shape index (κ1) is 18.1. The van der Waals surface area contributed by atoms with Crippen molar-refractivity contribution in [1.29, 1.82) is 5.26 Å². The summed E-state index contributed by atoms with van der Waals surface area (Å²) in [6, 6.07) is 14.2. The van der Waals surface area contributed by atoms with Crippen LogP contribution in [0.3, 0.4) is 0 Å². The summed E-state index contributed by atoms with van der Waals surface area (Å²) in [4.78, 5) is 15.0. The number of aryl methyl sites for hydroxylation is 2. The average Bonchev–Trinajstić information content (AvgIpc) is 2.94. The summed E-state index contributed by atoms with van der Waals surface area (Å²) < 4.78 is 2.02. The quantitative estimate of drug-likeness (QED) is 0.382. The van der Waals surface area contributed by atoms with E-state index >= 15 is 0 Å². The molecule has 27 heavy (non-hydrogen) atoms. The molecule has 0 fully saturated rings. The Hall–Kier alpha value is -3.72. The highest BCUT2D eigenvalue weighted by Gasteiger charge is 2.13. The van der Waals surface area contributed by atoms with Crippen LogP contribution in [0.15, 0.2) is 48.7 Å². The Balaban J connectivity index is 2.07. The molecule has 0 unspecified atom stereocenters. The van der Waals surface area contributed by atoms with Gasteiger partial charge in [0, 0.05) is 29.7 Å². The van der Waals surface area contributed by atoms with E-state index in [0.29, 0.717) is 11.1 Å². The highest BCUT2D eigenvalue weighted by Crippen LogP contribution is 2.26. The molecular weight excluding hydrogens is 340 g/mol. The lowest BCUT2D eigenvalue weighted by molar-refractivity contribution is -0.384. The number of hydrogen-bond acceptors (Lipinski definition) is 4. The van der Waals surface area contributed by atoms with Crippen LogP contribution in [0.25, 0.3) is 17.5 Å². The number of rotatable bonds is 4. The first-order valence-electron chi connectivity index (χ1n) is 8.39. The van der Waals surface area contributed by atoms with Gasteiger partial charge in [-0.15, -0.1) is 0 Å². The number of hydrogen-bond donors (Lipinski definition) is 0. The molecule has 1 aromatic carbocycles. The second kappa shape index (κ2) is 7.26. The topological polar surface area (TPSA) is 84.8 Å². The Morgan fingerprint density at radius 2 is 2.00 bits per heavy atom. The highest BCUT2D eigenvalue weighted by molar-refractivity contribution is 5.90. The zero-order valence-corrected chi connectivity index (χ0v) is 15.3. The predicted molar refractivity (Wildman–Crippen MR) is 104 cm³/mol. The Bertz CT molecular complexity index is 1090. The maximum absolute atomic E-state index is 11.0. The Morgan fingerprint density at radius 1 is 1.22 bits per heavy atom. The third-order valence-corrected chi connectivity index (χ3v) is 4.38. The van der Waals surface area contributed by atoms with Crippen molar-refractivity contribution >= 4 is 17.3 Å². The largest absolute Gasteiger partial charge is 0.303 e. The van der Waals surface area contributed by atoms with Crippen LogP contribution >= 0.6 is 0 Å². The van der Waals surface area contributed by atoms with E-state index in [1.54, 1.807) is 18.2 Å². The van der Waals surface area contributed by atoms with Gasteiger partial charge in [-0.2, -0.15) is 5.26 Å².